The second-order valence-electron chi connectivity index (χ2n) is 6.11. The van der Waals surface area contributed by atoms with Crippen LogP contribution < -0.4 is 4.74 Å². The van der Waals surface area contributed by atoms with Crippen molar-refractivity contribution < 1.29 is 28.3 Å². The molecule has 0 N–H and O–H groups in total. The Morgan fingerprint density at radius 1 is 1.07 bits per heavy atom. The van der Waals surface area contributed by atoms with E-state index in [-0.39, 0.29) is 26.6 Å². The van der Waals surface area contributed by atoms with E-state index < -0.39 is 23.6 Å². The number of carbonyl (C=O) groups excluding carboxylic acids is 3. The smallest absolute Gasteiger partial charge is 0.375 e. The van der Waals surface area contributed by atoms with Crippen LogP contribution in [0, 0.1) is 12.7 Å². The van der Waals surface area contributed by atoms with E-state index in [0.717, 1.165) is 11.3 Å². The van der Waals surface area contributed by atoms with Gasteiger partial charge in [0.2, 0.25) is 0 Å². The van der Waals surface area contributed by atoms with Crippen molar-refractivity contribution in [2.75, 3.05) is 7.11 Å². The summed E-state index contributed by atoms with van der Waals surface area (Å²) >= 11 is 0.902. The summed E-state index contributed by atoms with van der Waals surface area (Å²) in [4.78, 5) is 46.6. The van der Waals surface area contributed by atoms with Crippen LogP contribution in [-0.2, 0) is 4.84 Å². The molecule has 0 atom stereocenters. The Hall–Kier alpha value is -3.59. The van der Waals surface area contributed by atoms with Crippen molar-refractivity contribution >= 4 is 29.1 Å². The molecule has 1 aromatic heterocycles. The van der Waals surface area contributed by atoms with Crippen molar-refractivity contribution in [2.24, 2.45) is 0 Å². The highest BCUT2D eigenvalue weighted by molar-refractivity contribution is 7.17. The third kappa shape index (κ3) is 3.15. The van der Waals surface area contributed by atoms with Gasteiger partial charge in [0, 0.05) is 11.6 Å². The van der Waals surface area contributed by atoms with Crippen LogP contribution in [0.5, 0.6) is 5.75 Å². The number of imide groups is 1. The highest BCUT2D eigenvalue weighted by Crippen LogP contribution is 2.32. The Kier molecular flexibility index (Phi) is 4.59. The van der Waals surface area contributed by atoms with Crippen molar-refractivity contribution in [3.63, 3.8) is 0 Å². The molecule has 0 bridgehead atoms. The number of amides is 2. The molecular formula is C20H13FN2O5S. The lowest BCUT2D eigenvalue weighted by Crippen LogP contribution is -2.32. The van der Waals surface area contributed by atoms with Crippen molar-refractivity contribution in [3.8, 4) is 16.3 Å². The van der Waals surface area contributed by atoms with Gasteiger partial charge >= 0.3 is 5.97 Å². The van der Waals surface area contributed by atoms with E-state index in [2.05, 4.69) is 4.98 Å². The number of benzene rings is 2. The number of hydroxylamine groups is 2. The molecule has 4 rings (SSSR count). The summed E-state index contributed by atoms with van der Waals surface area (Å²) in [7, 11) is 1.43. The van der Waals surface area contributed by atoms with Crippen molar-refractivity contribution in [1.82, 2.24) is 10.0 Å². The highest BCUT2D eigenvalue weighted by Gasteiger charge is 2.39. The van der Waals surface area contributed by atoms with Gasteiger partial charge in [-0.05, 0) is 31.2 Å². The lowest BCUT2D eigenvalue weighted by Gasteiger charge is -2.11. The SMILES string of the molecule is COc1ccc(-c2nc(C)c(C(=O)ON3C(=O)c4ccccc4C3=O)s2)c(F)c1. The summed E-state index contributed by atoms with van der Waals surface area (Å²) in [6.07, 6.45) is 0. The molecule has 146 valence electrons. The van der Waals surface area contributed by atoms with Crippen LogP contribution >= 0.6 is 11.3 Å². The van der Waals surface area contributed by atoms with Crippen LogP contribution in [0.1, 0.15) is 36.1 Å². The number of aryl methyl sites for hydroxylation is 1. The first-order valence-corrected chi connectivity index (χ1v) is 9.23. The molecule has 0 fully saturated rings. The van der Waals surface area contributed by atoms with Gasteiger partial charge in [-0.3, -0.25) is 9.59 Å². The number of halogens is 1. The number of methoxy groups -OCH3 is 1. The predicted octanol–water partition coefficient (Wildman–Crippen LogP) is 3.63. The fourth-order valence-electron chi connectivity index (χ4n) is 2.87. The number of ether oxygens (including phenoxy) is 1. The Morgan fingerprint density at radius 3 is 2.31 bits per heavy atom. The topological polar surface area (TPSA) is 85.8 Å². The summed E-state index contributed by atoms with van der Waals surface area (Å²) in [5.74, 6) is -2.57. The first kappa shape index (κ1) is 18.8. The van der Waals surface area contributed by atoms with Gasteiger partial charge in [-0.1, -0.05) is 17.2 Å². The van der Waals surface area contributed by atoms with Crippen LogP contribution in [0.3, 0.4) is 0 Å². The van der Waals surface area contributed by atoms with Crippen LogP contribution in [0.2, 0.25) is 0 Å². The number of rotatable bonds is 4. The lowest BCUT2D eigenvalue weighted by atomic mass is 10.1. The van der Waals surface area contributed by atoms with E-state index >= 15 is 0 Å². The van der Waals surface area contributed by atoms with E-state index in [0.29, 0.717) is 16.5 Å². The molecule has 7 nitrogen and oxygen atoms in total. The van der Waals surface area contributed by atoms with Crippen molar-refractivity contribution in [2.45, 2.75) is 6.92 Å². The first-order valence-electron chi connectivity index (χ1n) is 8.42. The van der Waals surface area contributed by atoms with Crippen LogP contribution in [-0.4, -0.2) is 34.9 Å². The second-order valence-corrected chi connectivity index (χ2v) is 7.11. The molecule has 0 aliphatic carbocycles. The van der Waals surface area contributed by atoms with E-state index in [4.69, 9.17) is 9.57 Å². The summed E-state index contributed by atoms with van der Waals surface area (Å²) in [5, 5.41) is 0.691. The molecule has 3 aromatic rings. The summed E-state index contributed by atoms with van der Waals surface area (Å²) in [5.41, 5.74) is 0.806. The van der Waals surface area contributed by atoms with E-state index in [1.807, 2.05) is 0 Å². The molecule has 9 heteroatoms. The number of fused-ring (bicyclic) bond motifs is 1. The number of carbonyl (C=O) groups is 3. The molecule has 0 spiro atoms. The standard InChI is InChI=1S/C20H13FN2O5S/c1-10-16(29-17(22-10)14-8-7-11(27-2)9-15(14)21)20(26)28-23-18(24)12-5-3-4-6-13(12)19(23)25/h3-9H,1-2H3. The zero-order valence-corrected chi connectivity index (χ0v) is 16.1. The van der Waals surface area contributed by atoms with Crippen LogP contribution in [0.15, 0.2) is 42.5 Å². The molecule has 1 aliphatic rings. The summed E-state index contributed by atoms with van der Waals surface area (Å²) < 4.78 is 19.3. The van der Waals surface area contributed by atoms with Gasteiger partial charge in [-0.15, -0.1) is 11.3 Å². The van der Waals surface area contributed by atoms with Crippen LogP contribution in [0.4, 0.5) is 4.39 Å². The Bertz CT molecular complexity index is 1140. The van der Waals surface area contributed by atoms with E-state index in [9.17, 15) is 18.8 Å². The summed E-state index contributed by atoms with van der Waals surface area (Å²) in [6.45, 7) is 1.56. The number of nitrogens with zero attached hydrogens (tertiary/aromatic N) is 2. The Balaban J connectivity index is 1.60. The molecule has 0 radical (unpaired) electrons. The average Bonchev–Trinajstić information content (AvgIpc) is 3.21. The van der Waals surface area contributed by atoms with Gasteiger partial charge in [0.1, 0.15) is 21.5 Å². The monoisotopic (exact) mass is 412 g/mol. The Labute approximate surface area is 168 Å². The molecule has 2 heterocycles. The minimum atomic E-state index is -0.922. The highest BCUT2D eigenvalue weighted by atomic mass is 32.1. The molecular weight excluding hydrogens is 399 g/mol. The van der Waals surface area contributed by atoms with Gasteiger partial charge < -0.3 is 9.57 Å². The van der Waals surface area contributed by atoms with E-state index in [1.165, 1.54) is 31.4 Å². The van der Waals surface area contributed by atoms with Crippen molar-refractivity contribution in [1.29, 1.82) is 0 Å². The molecule has 1 aliphatic heterocycles. The number of hydrogen-bond donors (Lipinski definition) is 0. The maximum Gasteiger partial charge on any atom is 0.375 e. The fraction of sp³-hybridized carbons (Fsp3) is 0.100. The molecule has 2 aromatic carbocycles. The first-order chi connectivity index (χ1) is 13.9. The molecule has 2 amide bonds. The third-order valence-corrected chi connectivity index (χ3v) is 5.49. The van der Waals surface area contributed by atoms with Gasteiger partial charge in [-0.2, -0.15) is 0 Å². The zero-order chi connectivity index (χ0) is 20.7. The van der Waals surface area contributed by atoms with Crippen LogP contribution in [0.25, 0.3) is 10.6 Å². The van der Waals surface area contributed by atoms with Crippen molar-refractivity contribution in [3.05, 3.63) is 70.0 Å². The third-order valence-electron chi connectivity index (χ3n) is 4.32. The average molecular weight is 412 g/mol. The van der Waals surface area contributed by atoms with Gasteiger partial charge in [-0.25, -0.2) is 14.2 Å². The minimum absolute atomic E-state index is 0.0618. The quantitative estimate of drug-likeness (QED) is 0.609. The molecule has 0 unspecified atom stereocenters. The van der Waals surface area contributed by atoms with Gasteiger partial charge in [0.15, 0.2) is 0 Å². The number of thiazole rings is 1. The molecule has 29 heavy (non-hydrogen) atoms. The Morgan fingerprint density at radius 2 is 1.72 bits per heavy atom. The van der Waals surface area contributed by atoms with Gasteiger partial charge in [0.05, 0.1) is 23.9 Å². The van der Waals surface area contributed by atoms with Gasteiger partial charge in [0.25, 0.3) is 11.8 Å². The number of hydrogen-bond acceptors (Lipinski definition) is 7. The normalized spacial score (nSPS) is 12.9. The largest absolute Gasteiger partial charge is 0.497 e. The molecule has 0 saturated heterocycles. The minimum Gasteiger partial charge on any atom is -0.497 e. The lowest BCUT2D eigenvalue weighted by molar-refractivity contribution is -0.0581. The molecule has 0 saturated carbocycles. The fourth-order valence-corrected chi connectivity index (χ4v) is 3.84. The predicted molar refractivity (Wildman–Crippen MR) is 101 cm³/mol. The maximum absolute atomic E-state index is 14.3. The number of aromatic nitrogens is 1. The second kappa shape index (κ2) is 7.10. The zero-order valence-electron chi connectivity index (χ0n) is 15.3. The summed E-state index contributed by atoms with van der Waals surface area (Å²) in [6, 6.07) is 10.5. The maximum atomic E-state index is 14.3. The van der Waals surface area contributed by atoms with E-state index in [1.54, 1.807) is 25.1 Å².